The third-order valence-corrected chi connectivity index (χ3v) is 10.1. The van der Waals surface area contributed by atoms with E-state index in [2.05, 4.69) is 29.2 Å². The second kappa shape index (κ2) is 8.55. The fourth-order valence-corrected chi connectivity index (χ4v) is 7.45. The normalized spacial score (nSPS) is 25.3. The predicted molar refractivity (Wildman–Crippen MR) is 128 cm³/mol. The molecule has 1 spiro atoms. The molecule has 4 heterocycles. The standard InChI is InChI=1S/C25H32N4O4S/c30-24-17-33-25(18-29(24)22-5-6-22)9-14-28(15-10-25)34(31,32)27-12-7-19(8-13-27)21-4-3-20-2-1-11-26-23(20)16-21/h1-4,11,16,19,22H,5-10,12-15,17-18H2. The number of piperidine rings is 2. The number of ether oxygens (including phenoxy) is 1. The molecule has 1 aromatic carbocycles. The topological polar surface area (TPSA) is 83.0 Å². The zero-order valence-electron chi connectivity index (χ0n) is 19.4. The summed E-state index contributed by atoms with van der Waals surface area (Å²) in [5.41, 5.74) is 1.84. The Labute approximate surface area is 201 Å². The molecule has 0 unspecified atom stereocenters. The minimum absolute atomic E-state index is 0.0771. The van der Waals surface area contributed by atoms with Crippen LogP contribution in [0.1, 0.15) is 50.0 Å². The van der Waals surface area contributed by atoms with Crippen LogP contribution in [0.4, 0.5) is 0 Å². The van der Waals surface area contributed by atoms with E-state index in [0.717, 1.165) is 36.6 Å². The average Bonchev–Trinajstić information content (AvgIpc) is 3.71. The first kappa shape index (κ1) is 22.4. The van der Waals surface area contributed by atoms with E-state index in [1.54, 1.807) is 8.61 Å². The predicted octanol–water partition coefficient (Wildman–Crippen LogP) is 2.51. The quantitative estimate of drug-likeness (QED) is 0.666. The van der Waals surface area contributed by atoms with Gasteiger partial charge in [-0.3, -0.25) is 9.78 Å². The van der Waals surface area contributed by atoms with Crippen molar-refractivity contribution in [2.45, 2.75) is 56.1 Å². The maximum absolute atomic E-state index is 13.4. The summed E-state index contributed by atoms with van der Waals surface area (Å²) in [7, 11) is -3.49. The summed E-state index contributed by atoms with van der Waals surface area (Å²) in [6.07, 6.45) is 6.88. The molecule has 3 aliphatic heterocycles. The summed E-state index contributed by atoms with van der Waals surface area (Å²) in [4.78, 5) is 18.6. The molecule has 4 aliphatic rings. The Hall–Kier alpha value is -2.07. The Morgan fingerprint density at radius 2 is 1.71 bits per heavy atom. The van der Waals surface area contributed by atoms with Crippen molar-refractivity contribution in [3.8, 4) is 0 Å². The van der Waals surface area contributed by atoms with Crippen molar-refractivity contribution >= 4 is 27.0 Å². The highest BCUT2D eigenvalue weighted by Gasteiger charge is 2.48. The third kappa shape index (κ3) is 4.12. The Bertz CT molecular complexity index is 1180. The molecule has 1 amide bonds. The van der Waals surface area contributed by atoms with E-state index in [9.17, 15) is 13.2 Å². The second-order valence-electron chi connectivity index (χ2n) is 10.3. The highest BCUT2D eigenvalue weighted by atomic mass is 32.2. The third-order valence-electron chi connectivity index (χ3n) is 8.11. The molecule has 0 atom stereocenters. The van der Waals surface area contributed by atoms with Gasteiger partial charge in [-0.2, -0.15) is 17.0 Å². The van der Waals surface area contributed by atoms with Crippen molar-refractivity contribution in [1.29, 1.82) is 0 Å². The van der Waals surface area contributed by atoms with E-state index < -0.39 is 10.2 Å². The SMILES string of the molecule is O=C1COC2(CCN(S(=O)(=O)N3CCC(c4ccc5cccnc5c4)CC3)CC2)CN1C1CC1. The Morgan fingerprint density at radius 1 is 0.971 bits per heavy atom. The molecule has 6 rings (SSSR count). The number of amides is 1. The van der Waals surface area contributed by atoms with Crippen molar-refractivity contribution in [1.82, 2.24) is 18.5 Å². The highest BCUT2D eigenvalue weighted by Crippen LogP contribution is 2.37. The zero-order valence-corrected chi connectivity index (χ0v) is 20.3. The van der Waals surface area contributed by atoms with E-state index in [4.69, 9.17) is 4.74 Å². The van der Waals surface area contributed by atoms with Crippen LogP contribution < -0.4 is 0 Å². The van der Waals surface area contributed by atoms with Crippen LogP contribution in [0.5, 0.6) is 0 Å². The number of carbonyl (C=O) groups is 1. The van der Waals surface area contributed by atoms with Crippen LogP contribution in [0, 0.1) is 0 Å². The number of pyridine rings is 1. The van der Waals surface area contributed by atoms with Gasteiger partial charge in [0, 0.05) is 43.8 Å². The lowest BCUT2D eigenvalue weighted by Crippen LogP contribution is -2.60. The van der Waals surface area contributed by atoms with E-state index in [-0.39, 0.29) is 18.1 Å². The number of fused-ring (bicyclic) bond motifs is 1. The Morgan fingerprint density at radius 3 is 2.44 bits per heavy atom. The van der Waals surface area contributed by atoms with Gasteiger partial charge in [0.25, 0.3) is 10.2 Å². The number of benzene rings is 1. The summed E-state index contributed by atoms with van der Waals surface area (Å²) in [6, 6.07) is 10.8. The van der Waals surface area contributed by atoms with Crippen LogP contribution in [-0.2, 0) is 19.7 Å². The summed E-state index contributed by atoms with van der Waals surface area (Å²) in [5, 5.41) is 1.13. The van der Waals surface area contributed by atoms with Crippen molar-refractivity contribution in [3.05, 3.63) is 42.1 Å². The Kier molecular flexibility index (Phi) is 5.63. The van der Waals surface area contributed by atoms with E-state index in [1.807, 2.05) is 17.2 Å². The second-order valence-corrected chi connectivity index (χ2v) is 12.2. The molecule has 1 aliphatic carbocycles. The van der Waals surface area contributed by atoms with Gasteiger partial charge in [-0.1, -0.05) is 18.2 Å². The maximum Gasteiger partial charge on any atom is 0.281 e. The first-order valence-corrected chi connectivity index (χ1v) is 13.9. The van der Waals surface area contributed by atoms with Crippen LogP contribution in [0.2, 0.25) is 0 Å². The van der Waals surface area contributed by atoms with Crippen molar-refractivity contribution < 1.29 is 17.9 Å². The smallest absolute Gasteiger partial charge is 0.281 e. The highest BCUT2D eigenvalue weighted by molar-refractivity contribution is 7.86. The molecular weight excluding hydrogens is 452 g/mol. The lowest BCUT2D eigenvalue weighted by molar-refractivity contribution is -0.170. The monoisotopic (exact) mass is 484 g/mol. The fourth-order valence-electron chi connectivity index (χ4n) is 5.81. The van der Waals surface area contributed by atoms with Gasteiger partial charge in [0.15, 0.2) is 0 Å². The molecular formula is C25H32N4O4S. The lowest BCUT2D eigenvalue weighted by Gasteiger charge is -2.47. The molecule has 0 bridgehead atoms. The first-order valence-electron chi connectivity index (χ1n) is 12.5. The molecule has 4 fully saturated rings. The van der Waals surface area contributed by atoms with Crippen molar-refractivity contribution in [2.75, 3.05) is 39.3 Å². The van der Waals surface area contributed by atoms with Gasteiger partial charge < -0.3 is 9.64 Å². The number of nitrogens with zero attached hydrogens (tertiary/aromatic N) is 4. The maximum atomic E-state index is 13.4. The van der Waals surface area contributed by atoms with Gasteiger partial charge in [0.2, 0.25) is 5.91 Å². The summed E-state index contributed by atoms with van der Waals surface area (Å²) in [6.45, 7) is 2.71. The van der Waals surface area contributed by atoms with Crippen LogP contribution in [-0.4, -0.2) is 83.8 Å². The average molecular weight is 485 g/mol. The number of rotatable bonds is 4. The molecule has 8 nitrogen and oxygen atoms in total. The minimum Gasteiger partial charge on any atom is -0.363 e. The molecule has 3 saturated heterocycles. The van der Waals surface area contributed by atoms with Gasteiger partial charge in [0.1, 0.15) is 6.61 Å². The van der Waals surface area contributed by atoms with Crippen LogP contribution >= 0.6 is 0 Å². The molecule has 0 radical (unpaired) electrons. The van der Waals surface area contributed by atoms with Crippen LogP contribution in [0.15, 0.2) is 36.5 Å². The van der Waals surface area contributed by atoms with Crippen LogP contribution in [0.25, 0.3) is 10.9 Å². The van der Waals surface area contributed by atoms with Crippen molar-refractivity contribution in [3.63, 3.8) is 0 Å². The number of hydrogen-bond donors (Lipinski definition) is 0. The molecule has 9 heteroatoms. The fraction of sp³-hybridized carbons (Fsp3) is 0.600. The van der Waals surface area contributed by atoms with Crippen LogP contribution in [0.3, 0.4) is 0 Å². The number of carbonyl (C=O) groups excluding carboxylic acids is 1. The molecule has 182 valence electrons. The summed E-state index contributed by atoms with van der Waals surface area (Å²) < 4.78 is 36.1. The van der Waals surface area contributed by atoms with E-state index in [1.165, 1.54) is 5.56 Å². The van der Waals surface area contributed by atoms with Gasteiger partial charge in [-0.05, 0) is 62.1 Å². The summed E-state index contributed by atoms with van der Waals surface area (Å²) in [5.74, 6) is 0.428. The molecule has 1 saturated carbocycles. The van der Waals surface area contributed by atoms with E-state index in [0.29, 0.717) is 57.5 Å². The van der Waals surface area contributed by atoms with E-state index >= 15 is 0 Å². The molecule has 34 heavy (non-hydrogen) atoms. The number of hydrogen-bond acceptors (Lipinski definition) is 5. The lowest BCUT2D eigenvalue weighted by atomic mass is 9.90. The zero-order chi connectivity index (χ0) is 23.3. The largest absolute Gasteiger partial charge is 0.363 e. The minimum atomic E-state index is -3.49. The van der Waals surface area contributed by atoms with Crippen molar-refractivity contribution in [2.24, 2.45) is 0 Å². The molecule has 2 aromatic rings. The molecule has 1 aromatic heterocycles. The van der Waals surface area contributed by atoms with Gasteiger partial charge in [-0.15, -0.1) is 0 Å². The van der Waals surface area contributed by atoms with Gasteiger partial charge in [0.05, 0.1) is 17.7 Å². The number of aromatic nitrogens is 1. The molecule has 0 N–H and O–H groups in total. The number of morpholine rings is 1. The summed E-state index contributed by atoms with van der Waals surface area (Å²) >= 11 is 0. The van der Waals surface area contributed by atoms with Gasteiger partial charge in [-0.25, -0.2) is 0 Å². The Balaban J connectivity index is 1.07. The van der Waals surface area contributed by atoms with Gasteiger partial charge >= 0.3 is 0 Å². The first-order chi connectivity index (χ1) is 16.4.